The zero-order valence-corrected chi connectivity index (χ0v) is 19.2. The number of aliphatic carboxylic acids is 1. The number of halogens is 3. The molecule has 2 aliphatic rings. The number of carbonyl (C=O) groups is 1. The van der Waals surface area contributed by atoms with Gasteiger partial charge in [0.05, 0.1) is 12.9 Å². The molecule has 0 aliphatic carbocycles. The van der Waals surface area contributed by atoms with Gasteiger partial charge in [0.2, 0.25) is 10.0 Å². The molecule has 3 rings (SSSR count). The molecule has 1 N–H and O–H groups in total. The van der Waals surface area contributed by atoms with Crippen molar-refractivity contribution in [1.82, 2.24) is 9.21 Å². The van der Waals surface area contributed by atoms with Crippen molar-refractivity contribution in [2.75, 3.05) is 39.0 Å². The molecule has 0 atom stereocenters. The number of hydrogen-bond acceptors (Lipinski definition) is 5. The quantitative estimate of drug-likeness (QED) is 0.696. The van der Waals surface area contributed by atoms with E-state index in [9.17, 15) is 21.6 Å². The monoisotopic (exact) mass is 480 g/mol. The molecule has 1 aromatic carbocycles. The molecule has 0 saturated carbocycles. The van der Waals surface area contributed by atoms with Crippen molar-refractivity contribution >= 4 is 16.0 Å². The predicted molar refractivity (Wildman–Crippen MR) is 114 cm³/mol. The van der Waals surface area contributed by atoms with Crippen LogP contribution in [0.4, 0.5) is 13.2 Å². The van der Waals surface area contributed by atoms with Gasteiger partial charge in [-0.05, 0) is 68.8 Å². The number of likely N-dealkylation sites (tertiary alicyclic amines) is 1. The van der Waals surface area contributed by atoms with Crippen LogP contribution in [0.5, 0.6) is 5.75 Å². The summed E-state index contributed by atoms with van der Waals surface area (Å²) in [5.74, 6) is -1.63. The zero-order chi connectivity index (χ0) is 24.0. The molecule has 182 valence electrons. The van der Waals surface area contributed by atoms with E-state index in [0.29, 0.717) is 18.5 Å². The summed E-state index contributed by atoms with van der Waals surface area (Å²) in [5.41, 5.74) is 1.64. The van der Waals surface area contributed by atoms with Gasteiger partial charge in [-0.2, -0.15) is 13.2 Å². The van der Waals surface area contributed by atoms with Crippen LogP contribution in [-0.2, 0) is 21.4 Å². The number of hydrogen-bond donors (Lipinski definition) is 1. The highest BCUT2D eigenvalue weighted by Crippen LogP contribution is 2.42. The third kappa shape index (κ3) is 7.35. The lowest BCUT2D eigenvalue weighted by atomic mass is 9.71. The number of sulfonamides is 1. The van der Waals surface area contributed by atoms with Crippen molar-refractivity contribution in [2.45, 2.75) is 45.3 Å². The molecule has 1 spiro atoms. The predicted octanol–water partition coefficient (Wildman–Crippen LogP) is 3.36. The first-order valence-corrected chi connectivity index (χ1v) is 12.1. The van der Waals surface area contributed by atoms with E-state index >= 15 is 0 Å². The molecule has 2 fully saturated rings. The smallest absolute Gasteiger partial charge is 0.490 e. The molecule has 32 heavy (non-hydrogen) atoms. The van der Waals surface area contributed by atoms with E-state index in [1.165, 1.54) is 18.4 Å². The van der Waals surface area contributed by atoms with Gasteiger partial charge in [-0.15, -0.1) is 0 Å². The lowest BCUT2D eigenvalue weighted by Gasteiger charge is -2.46. The lowest BCUT2D eigenvalue weighted by Crippen LogP contribution is -2.48. The minimum Gasteiger partial charge on any atom is -0.497 e. The number of rotatable bonds is 5. The van der Waals surface area contributed by atoms with Crippen molar-refractivity contribution in [2.24, 2.45) is 5.41 Å². The molecule has 7 nitrogen and oxygen atoms in total. The van der Waals surface area contributed by atoms with Gasteiger partial charge >= 0.3 is 12.1 Å². The van der Waals surface area contributed by atoms with Crippen LogP contribution >= 0.6 is 0 Å². The summed E-state index contributed by atoms with van der Waals surface area (Å²) in [6, 6.07) is 8.29. The molecule has 0 aromatic heterocycles. The SMILES string of the molecule is CCS(=O)(=O)N1CCC2(CCN(Cc3cccc(OC)c3)CC2)CC1.O=C(O)C(F)(F)F. The number of alkyl halides is 3. The Kier molecular flexibility index (Phi) is 8.95. The third-order valence-corrected chi connectivity index (χ3v) is 8.12. The number of carboxylic acids is 1. The van der Waals surface area contributed by atoms with Crippen molar-refractivity contribution in [1.29, 1.82) is 0 Å². The Bertz CT molecular complexity index is 858. The maximum Gasteiger partial charge on any atom is 0.490 e. The average molecular weight is 481 g/mol. The molecule has 2 aliphatic heterocycles. The third-order valence-electron chi connectivity index (χ3n) is 6.24. The molecule has 2 saturated heterocycles. The molecule has 2 heterocycles. The van der Waals surface area contributed by atoms with Gasteiger partial charge < -0.3 is 9.84 Å². The number of nitrogens with zero attached hydrogens (tertiary/aromatic N) is 2. The molecule has 11 heteroatoms. The van der Waals surface area contributed by atoms with E-state index in [2.05, 4.69) is 17.0 Å². The highest BCUT2D eigenvalue weighted by molar-refractivity contribution is 7.89. The number of benzene rings is 1. The van der Waals surface area contributed by atoms with Gasteiger partial charge in [-0.25, -0.2) is 17.5 Å². The van der Waals surface area contributed by atoms with E-state index in [4.69, 9.17) is 14.6 Å². The Morgan fingerprint density at radius 2 is 1.66 bits per heavy atom. The van der Waals surface area contributed by atoms with Crippen molar-refractivity contribution in [3.05, 3.63) is 29.8 Å². The van der Waals surface area contributed by atoms with Crippen LogP contribution in [0.2, 0.25) is 0 Å². The summed E-state index contributed by atoms with van der Waals surface area (Å²) in [7, 11) is -1.32. The Morgan fingerprint density at radius 3 is 2.12 bits per heavy atom. The number of ether oxygens (including phenoxy) is 1. The van der Waals surface area contributed by atoms with E-state index in [1.54, 1.807) is 18.3 Å². The highest BCUT2D eigenvalue weighted by atomic mass is 32.2. The summed E-state index contributed by atoms with van der Waals surface area (Å²) >= 11 is 0. The Morgan fingerprint density at radius 1 is 1.12 bits per heavy atom. The second kappa shape index (κ2) is 10.8. The topological polar surface area (TPSA) is 87.2 Å². The van der Waals surface area contributed by atoms with Crippen LogP contribution in [0.1, 0.15) is 38.2 Å². The van der Waals surface area contributed by atoms with Gasteiger partial charge in [-0.1, -0.05) is 12.1 Å². The maximum absolute atomic E-state index is 12.0. The van der Waals surface area contributed by atoms with Gasteiger partial charge in [-0.3, -0.25) is 4.90 Å². The van der Waals surface area contributed by atoms with Gasteiger partial charge in [0.1, 0.15) is 5.75 Å². The van der Waals surface area contributed by atoms with E-state index < -0.39 is 22.2 Å². The van der Waals surface area contributed by atoms with E-state index in [0.717, 1.165) is 38.2 Å². The Balaban J connectivity index is 0.000000451. The fraction of sp³-hybridized carbons (Fsp3) is 0.667. The number of piperidine rings is 2. The zero-order valence-electron chi connectivity index (χ0n) is 18.4. The summed E-state index contributed by atoms with van der Waals surface area (Å²) in [6.45, 7) is 6.29. The standard InChI is InChI=1S/C19H30N2O3S.C2HF3O2/c1-3-25(22,23)21-13-9-19(10-14-21)7-11-20(12-8-19)16-17-5-4-6-18(15-17)24-2;3-2(4,5)1(6)7/h4-6,15H,3,7-14,16H2,1-2H3;(H,6,7). The molecule has 0 bridgehead atoms. The van der Waals surface area contributed by atoms with Crippen molar-refractivity contribution in [3.8, 4) is 5.75 Å². The molecule has 1 aromatic rings. The van der Waals surface area contributed by atoms with Crippen LogP contribution < -0.4 is 4.74 Å². The summed E-state index contributed by atoms with van der Waals surface area (Å²) in [4.78, 5) is 11.4. The Hall–Kier alpha value is -1.85. The fourth-order valence-corrected chi connectivity index (χ4v) is 5.24. The lowest BCUT2D eigenvalue weighted by molar-refractivity contribution is -0.192. The molecule has 0 radical (unpaired) electrons. The summed E-state index contributed by atoms with van der Waals surface area (Å²) in [6.07, 6.45) is -0.702. The number of methoxy groups -OCH3 is 1. The van der Waals surface area contributed by atoms with Crippen LogP contribution in [0, 0.1) is 5.41 Å². The minimum atomic E-state index is -5.08. The van der Waals surface area contributed by atoms with E-state index in [1.807, 2.05) is 12.1 Å². The van der Waals surface area contributed by atoms with Gasteiger partial charge in [0.15, 0.2) is 0 Å². The largest absolute Gasteiger partial charge is 0.497 e. The normalized spacial score (nSPS) is 19.8. The number of carboxylic acid groups (broad SMARTS) is 1. The van der Waals surface area contributed by atoms with Crippen LogP contribution in [0.25, 0.3) is 0 Å². The first kappa shape index (κ1) is 26.4. The second-order valence-corrected chi connectivity index (χ2v) is 10.5. The average Bonchev–Trinajstić information content (AvgIpc) is 2.76. The molecular formula is C21H31F3N2O5S. The van der Waals surface area contributed by atoms with Crippen LogP contribution in [-0.4, -0.2) is 73.9 Å². The van der Waals surface area contributed by atoms with Crippen LogP contribution in [0.3, 0.4) is 0 Å². The molecule has 0 amide bonds. The van der Waals surface area contributed by atoms with Crippen molar-refractivity contribution in [3.63, 3.8) is 0 Å². The molecular weight excluding hydrogens is 449 g/mol. The second-order valence-electron chi connectivity index (χ2n) is 8.23. The molecule has 0 unspecified atom stereocenters. The van der Waals surface area contributed by atoms with Crippen molar-refractivity contribution < 1.29 is 36.2 Å². The summed E-state index contributed by atoms with van der Waals surface area (Å²) in [5, 5.41) is 7.12. The first-order chi connectivity index (χ1) is 14.9. The Labute approximate surface area is 187 Å². The maximum atomic E-state index is 12.0. The minimum absolute atomic E-state index is 0.217. The summed E-state index contributed by atoms with van der Waals surface area (Å²) < 4.78 is 62.8. The first-order valence-electron chi connectivity index (χ1n) is 10.5. The highest BCUT2D eigenvalue weighted by Gasteiger charge is 2.40. The van der Waals surface area contributed by atoms with E-state index in [-0.39, 0.29) is 5.75 Å². The fourth-order valence-electron chi connectivity index (χ4n) is 4.14. The van der Waals surface area contributed by atoms with Crippen LogP contribution in [0.15, 0.2) is 24.3 Å². The van der Waals surface area contributed by atoms with Gasteiger partial charge in [0, 0.05) is 19.6 Å². The van der Waals surface area contributed by atoms with Gasteiger partial charge in [0.25, 0.3) is 0 Å².